The maximum atomic E-state index is 12.9. The Bertz CT molecular complexity index is 1160. The third-order valence-corrected chi connectivity index (χ3v) is 8.22. The highest BCUT2D eigenvalue weighted by molar-refractivity contribution is 7.86. The van der Waals surface area contributed by atoms with Crippen molar-refractivity contribution in [1.82, 2.24) is 0 Å². The summed E-state index contributed by atoms with van der Waals surface area (Å²) in [4.78, 5) is 0.218. The Morgan fingerprint density at radius 3 is 1.93 bits per heavy atom. The molecule has 2 unspecified atom stereocenters. The average molecular weight is 388 g/mol. The first-order valence-electron chi connectivity index (χ1n) is 9.69. The van der Waals surface area contributed by atoms with Gasteiger partial charge in [0.15, 0.2) is 0 Å². The minimum absolute atomic E-state index is 0.162. The third-order valence-electron chi connectivity index (χ3n) is 6.94. The topological polar surface area (TPSA) is 43.4 Å². The minimum Gasteiger partial charge on any atom is -0.265 e. The zero-order chi connectivity index (χ0) is 19.1. The standard InChI is InChI=1S/C24H20O3S/c1-15-10-12-16(13-11-15)28(25,26)27-14-24-19-8-4-2-6-17(19)21-22(23(21)24)18-7-3-5-9-20(18)24/h2-13,21-23H,14H2,1H3/t21-,22+,23?,24?. The van der Waals surface area contributed by atoms with Crippen molar-refractivity contribution in [3.63, 3.8) is 0 Å². The molecule has 3 aliphatic rings. The zero-order valence-electron chi connectivity index (χ0n) is 15.5. The predicted molar refractivity (Wildman–Crippen MR) is 107 cm³/mol. The maximum Gasteiger partial charge on any atom is 0.297 e. The molecule has 0 radical (unpaired) electrons. The van der Waals surface area contributed by atoms with Crippen LogP contribution in [0, 0.1) is 12.8 Å². The lowest BCUT2D eigenvalue weighted by Gasteiger charge is -2.30. The van der Waals surface area contributed by atoms with E-state index in [1.54, 1.807) is 24.3 Å². The number of aryl methyl sites for hydroxylation is 1. The lowest BCUT2D eigenvalue weighted by atomic mass is 9.76. The molecule has 3 nitrogen and oxygen atoms in total. The van der Waals surface area contributed by atoms with E-state index in [0.717, 1.165) is 5.56 Å². The molecule has 0 bridgehead atoms. The number of hydrogen-bond acceptors (Lipinski definition) is 3. The number of benzene rings is 3. The van der Waals surface area contributed by atoms with Crippen LogP contribution in [0.1, 0.15) is 39.7 Å². The number of rotatable bonds is 4. The van der Waals surface area contributed by atoms with Gasteiger partial charge in [-0.2, -0.15) is 8.42 Å². The van der Waals surface area contributed by atoms with E-state index < -0.39 is 10.1 Å². The van der Waals surface area contributed by atoms with Crippen LogP contribution in [-0.4, -0.2) is 15.0 Å². The van der Waals surface area contributed by atoms with Gasteiger partial charge in [0, 0.05) is 5.41 Å². The Balaban J connectivity index is 1.44. The van der Waals surface area contributed by atoms with Crippen LogP contribution >= 0.6 is 0 Å². The molecule has 1 fully saturated rings. The van der Waals surface area contributed by atoms with Gasteiger partial charge in [0.05, 0.1) is 11.5 Å². The van der Waals surface area contributed by atoms with Gasteiger partial charge in [0.1, 0.15) is 0 Å². The Morgan fingerprint density at radius 2 is 1.36 bits per heavy atom. The largest absolute Gasteiger partial charge is 0.297 e. The van der Waals surface area contributed by atoms with E-state index in [0.29, 0.717) is 17.8 Å². The van der Waals surface area contributed by atoms with Crippen LogP contribution in [0.2, 0.25) is 0 Å². The van der Waals surface area contributed by atoms with Crippen LogP contribution in [0.3, 0.4) is 0 Å². The first-order chi connectivity index (χ1) is 13.5. The quantitative estimate of drug-likeness (QED) is 0.618. The molecule has 140 valence electrons. The highest BCUT2D eigenvalue weighted by Gasteiger charge is 2.73. The molecule has 6 rings (SSSR count). The van der Waals surface area contributed by atoms with Crippen LogP contribution in [0.5, 0.6) is 0 Å². The smallest absolute Gasteiger partial charge is 0.265 e. The summed E-state index contributed by atoms with van der Waals surface area (Å²) in [5.41, 5.74) is 5.88. The summed E-state index contributed by atoms with van der Waals surface area (Å²) in [6.07, 6.45) is 0. The molecule has 4 atom stereocenters. The fourth-order valence-corrected chi connectivity index (χ4v) is 6.73. The fraction of sp³-hybridized carbons (Fsp3) is 0.250. The molecule has 0 heterocycles. The summed E-state index contributed by atoms with van der Waals surface area (Å²) in [6.45, 7) is 2.10. The van der Waals surface area contributed by atoms with E-state index >= 15 is 0 Å². The Morgan fingerprint density at radius 1 is 0.821 bits per heavy atom. The highest BCUT2D eigenvalue weighted by Crippen LogP contribution is 2.80. The van der Waals surface area contributed by atoms with Crippen LogP contribution in [0.4, 0.5) is 0 Å². The molecule has 1 saturated carbocycles. The first-order valence-corrected chi connectivity index (χ1v) is 11.1. The molecule has 3 aromatic rings. The summed E-state index contributed by atoms with van der Waals surface area (Å²) in [5.74, 6) is 1.41. The van der Waals surface area contributed by atoms with Gasteiger partial charge in [-0.25, -0.2) is 0 Å². The van der Waals surface area contributed by atoms with Crippen molar-refractivity contribution in [2.24, 2.45) is 5.92 Å². The van der Waals surface area contributed by atoms with Crippen molar-refractivity contribution in [3.05, 3.63) is 101 Å². The summed E-state index contributed by atoms with van der Waals surface area (Å²) < 4.78 is 31.5. The Kier molecular flexibility index (Phi) is 3.15. The molecule has 0 amide bonds. The molecule has 0 aromatic heterocycles. The van der Waals surface area contributed by atoms with Gasteiger partial charge in [-0.15, -0.1) is 0 Å². The van der Waals surface area contributed by atoms with Crippen LogP contribution < -0.4 is 0 Å². The van der Waals surface area contributed by atoms with Gasteiger partial charge < -0.3 is 0 Å². The van der Waals surface area contributed by atoms with Gasteiger partial charge >= 0.3 is 0 Å². The first kappa shape index (κ1) is 16.5. The SMILES string of the molecule is Cc1ccc(S(=O)(=O)OCC23c4ccccc4[C@@H]4C2[C@@H]4c2ccccc23)cc1. The van der Waals surface area contributed by atoms with Crippen molar-refractivity contribution in [2.75, 3.05) is 6.61 Å². The van der Waals surface area contributed by atoms with E-state index in [1.165, 1.54) is 22.3 Å². The second-order valence-corrected chi connectivity index (χ2v) is 9.87. The molecule has 28 heavy (non-hydrogen) atoms. The lowest BCUT2D eigenvalue weighted by molar-refractivity contribution is 0.238. The van der Waals surface area contributed by atoms with Gasteiger partial charge in [0.2, 0.25) is 0 Å². The van der Waals surface area contributed by atoms with E-state index in [2.05, 4.69) is 48.5 Å². The van der Waals surface area contributed by atoms with E-state index in [1.807, 2.05) is 6.92 Å². The van der Waals surface area contributed by atoms with Crippen LogP contribution in [-0.2, 0) is 19.7 Å². The fourth-order valence-electron chi connectivity index (χ4n) is 5.79. The minimum atomic E-state index is -3.80. The van der Waals surface area contributed by atoms with Crippen molar-refractivity contribution >= 4 is 10.1 Å². The second kappa shape index (κ2) is 5.34. The molecular weight excluding hydrogens is 368 g/mol. The normalized spacial score (nSPS) is 28.5. The maximum absolute atomic E-state index is 12.9. The van der Waals surface area contributed by atoms with E-state index in [9.17, 15) is 8.42 Å². The lowest BCUT2D eigenvalue weighted by Crippen LogP contribution is -2.33. The Labute approximate surface area is 165 Å². The predicted octanol–water partition coefficient (Wildman–Crippen LogP) is 4.51. The molecule has 0 N–H and O–H groups in total. The van der Waals surface area contributed by atoms with E-state index in [4.69, 9.17) is 4.18 Å². The zero-order valence-corrected chi connectivity index (χ0v) is 16.3. The van der Waals surface area contributed by atoms with Crippen LogP contribution in [0.15, 0.2) is 77.7 Å². The summed E-state index contributed by atoms with van der Waals surface area (Å²) in [7, 11) is -3.80. The van der Waals surface area contributed by atoms with Gasteiger partial charge in [0.25, 0.3) is 10.1 Å². The van der Waals surface area contributed by atoms with Crippen molar-refractivity contribution in [3.8, 4) is 0 Å². The molecule has 0 spiro atoms. The summed E-state index contributed by atoms with van der Waals surface area (Å²) in [6, 6.07) is 23.8. The highest BCUT2D eigenvalue weighted by atomic mass is 32.2. The molecule has 3 aromatic carbocycles. The van der Waals surface area contributed by atoms with Crippen molar-refractivity contribution in [2.45, 2.75) is 29.1 Å². The second-order valence-electron chi connectivity index (χ2n) is 8.25. The summed E-state index contributed by atoms with van der Waals surface area (Å²) in [5, 5.41) is 0. The van der Waals surface area contributed by atoms with Gasteiger partial charge in [-0.3, -0.25) is 4.18 Å². The van der Waals surface area contributed by atoms with Crippen molar-refractivity contribution < 1.29 is 12.6 Å². The third kappa shape index (κ3) is 1.94. The molecule has 3 aliphatic carbocycles. The molecule has 4 heteroatoms. The number of fused-ring (bicyclic) bond motifs is 7. The van der Waals surface area contributed by atoms with Crippen LogP contribution in [0.25, 0.3) is 0 Å². The molecule has 0 saturated heterocycles. The Hall–Kier alpha value is -2.43. The van der Waals surface area contributed by atoms with Gasteiger partial charge in [-0.1, -0.05) is 66.2 Å². The summed E-state index contributed by atoms with van der Waals surface area (Å²) >= 11 is 0. The molecular formula is C24H20O3S. The monoisotopic (exact) mass is 388 g/mol. The van der Waals surface area contributed by atoms with E-state index in [-0.39, 0.29) is 16.9 Å². The number of hydrogen-bond donors (Lipinski definition) is 0. The molecule has 0 aliphatic heterocycles. The van der Waals surface area contributed by atoms with Gasteiger partial charge in [-0.05, 0) is 59.1 Å². The van der Waals surface area contributed by atoms with Crippen molar-refractivity contribution in [1.29, 1.82) is 0 Å². The average Bonchev–Trinajstić information content (AvgIpc) is 3.31.